The topological polar surface area (TPSA) is 122 Å². The molecule has 0 heterocycles. The van der Waals surface area contributed by atoms with E-state index in [1.165, 1.54) is 0 Å². The van der Waals surface area contributed by atoms with E-state index in [9.17, 15) is 14.9 Å². The molecule has 0 saturated carbocycles. The Balaban J connectivity index is 0. The fraction of sp³-hybridized carbons (Fsp3) is 0.727. The Kier molecular flexibility index (Phi) is 14.1. The maximum atomic E-state index is 10.8. The summed E-state index contributed by atoms with van der Waals surface area (Å²) in [6.07, 6.45) is -0.443. The first kappa shape index (κ1) is 22.6. The highest BCUT2D eigenvalue weighted by Gasteiger charge is 2.41. The number of nitro groups is 1. The Hall–Kier alpha value is -0.640. The first-order valence-electron chi connectivity index (χ1n) is 5.88. The number of aliphatic hydroxyl groups excluding tert-OH is 1. The van der Waals surface area contributed by atoms with Crippen molar-refractivity contribution in [2.75, 3.05) is 13.2 Å². The van der Waals surface area contributed by atoms with Crippen LogP contribution in [-0.4, -0.2) is 45.1 Å². The van der Waals surface area contributed by atoms with Gasteiger partial charge in [0.05, 0.1) is 13.2 Å². The third-order valence-electron chi connectivity index (χ3n) is 1.95. The van der Waals surface area contributed by atoms with Gasteiger partial charge in [-0.05, 0) is 10.3 Å². The van der Waals surface area contributed by atoms with E-state index >= 15 is 0 Å². The van der Waals surface area contributed by atoms with E-state index < -0.39 is 15.7 Å². The van der Waals surface area contributed by atoms with Crippen molar-refractivity contribution in [2.45, 2.75) is 37.4 Å². The zero-order valence-corrected chi connectivity index (χ0v) is 15.4. The van der Waals surface area contributed by atoms with Crippen molar-refractivity contribution in [3.8, 4) is 9.85 Å². The summed E-state index contributed by atoms with van der Waals surface area (Å²) in [6.45, 7) is 3.94. The average Bonchev–Trinajstić information content (AvgIpc) is 2.39. The number of ether oxygens (including phenoxy) is 1. The minimum Gasteiger partial charge on any atom is -0.450 e. The molecule has 1 amide bonds. The normalized spacial score (nSPS) is 12.1. The fourth-order valence-corrected chi connectivity index (χ4v) is 0.795. The van der Waals surface area contributed by atoms with Crippen LogP contribution in [0.25, 0.3) is 0 Å². The summed E-state index contributed by atoms with van der Waals surface area (Å²) in [5, 5.41) is 29.0. The molecule has 0 bridgehead atoms. The molecule has 1 atom stereocenters. The molecule has 0 radical (unpaired) electrons. The van der Waals surface area contributed by atoms with Crippen LogP contribution in [0.1, 0.15) is 26.7 Å². The summed E-state index contributed by atoms with van der Waals surface area (Å²) in [6, 6.07) is 0. The molecule has 0 aromatic heterocycles. The first-order chi connectivity index (χ1) is 9.69. The van der Waals surface area contributed by atoms with Crippen molar-refractivity contribution < 1.29 is 24.7 Å². The molecule has 10 heteroatoms. The molecular formula is C11H18BrIN2O6. The number of amides is 1. The summed E-state index contributed by atoms with van der Waals surface area (Å²) in [7, 11) is 0. The summed E-state index contributed by atoms with van der Waals surface area (Å²) >= 11 is 4.43. The number of aliphatic hydroxyl groups is 2. The number of alkyl carbamates (subject to hydrolysis) is 1. The molecule has 0 aliphatic carbocycles. The van der Waals surface area contributed by atoms with E-state index in [2.05, 4.69) is 31.1 Å². The van der Waals surface area contributed by atoms with Crippen LogP contribution in [0.15, 0.2) is 0 Å². The van der Waals surface area contributed by atoms with Crippen LogP contribution >= 0.6 is 38.5 Å². The molecule has 3 N–H and O–H groups in total. The van der Waals surface area contributed by atoms with Gasteiger partial charge in [-0.3, -0.25) is 10.1 Å². The van der Waals surface area contributed by atoms with Gasteiger partial charge in [-0.15, -0.1) is 0 Å². The number of unbranched alkanes of at least 4 members (excludes halogenated alkanes) is 1. The number of halogens is 2. The quantitative estimate of drug-likeness (QED) is 0.0775. The maximum Gasteiger partial charge on any atom is 0.407 e. The van der Waals surface area contributed by atoms with E-state index in [4.69, 9.17) is 14.9 Å². The van der Waals surface area contributed by atoms with Gasteiger partial charge in [0.2, 0.25) is 6.29 Å². The van der Waals surface area contributed by atoms with Gasteiger partial charge >= 0.3 is 10.5 Å². The van der Waals surface area contributed by atoms with Gasteiger partial charge < -0.3 is 20.3 Å². The van der Waals surface area contributed by atoms with Gasteiger partial charge in [-0.1, -0.05) is 19.3 Å². The van der Waals surface area contributed by atoms with Gasteiger partial charge in [0.1, 0.15) is 0 Å². The predicted octanol–water partition coefficient (Wildman–Crippen LogP) is 1.59. The monoisotopic (exact) mass is 480 g/mol. The predicted molar refractivity (Wildman–Crippen MR) is 88.6 cm³/mol. The van der Waals surface area contributed by atoms with Crippen molar-refractivity contribution in [3.63, 3.8) is 0 Å². The Morgan fingerprint density at radius 3 is 2.52 bits per heavy atom. The fourth-order valence-electron chi connectivity index (χ4n) is 0.604. The number of hydrogen-bond acceptors (Lipinski definition) is 6. The Bertz CT molecular complexity index is 381. The standard InChI is InChI=1S/C8H12INO2.C3H6BrNO4/c1-2-3-7-12-8(11)10-6-4-5-9;1-3(4,2(6)7)5(8)9/h2-3,6-7H2,1H3,(H,10,11);2,6-7H,1H3. The second-order valence-corrected chi connectivity index (χ2v) is 5.91. The highest BCUT2D eigenvalue weighted by molar-refractivity contribution is 14.1. The van der Waals surface area contributed by atoms with Gasteiger partial charge in [-0.2, -0.15) is 0 Å². The largest absolute Gasteiger partial charge is 0.450 e. The molecule has 1 unspecified atom stereocenters. The molecular weight excluding hydrogens is 463 g/mol. The van der Waals surface area contributed by atoms with E-state index in [1.54, 1.807) is 0 Å². The molecule has 0 aliphatic rings. The number of hydrogen-bond donors (Lipinski definition) is 3. The second-order valence-electron chi connectivity index (χ2n) is 3.77. The lowest BCUT2D eigenvalue weighted by Gasteiger charge is -2.14. The van der Waals surface area contributed by atoms with E-state index in [-0.39, 0.29) is 6.09 Å². The molecule has 0 aromatic rings. The van der Waals surface area contributed by atoms with Crippen molar-refractivity contribution in [3.05, 3.63) is 10.1 Å². The molecule has 0 saturated heterocycles. The van der Waals surface area contributed by atoms with Crippen LogP contribution in [-0.2, 0) is 4.74 Å². The minimum absolute atomic E-state index is 0.355. The lowest BCUT2D eigenvalue weighted by molar-refractivity contribution is -0.555. The molecule has 0 aliphatic heterocycles. The molecule has 0 rings (SSSR count). The van der Waals surface area contributed by atoms with Crippen molar-refractivity contribution >= 4 is 44.6 Å². The number of alkyl halides is 1. The molecule has 122 valence electrons. The lowest BCUT2D eigenvalue weighted by Crippen LogP contribution is -2.40. The smallest absolute Gasteiger partial charge is 0.407 e. The van der Waals surface area contributed by atoms with Crippen molar-refractivity contribution in [1.29, 1.82) is 0 Å². The molecule has 0 fully saturated rings. The summed E-state index contributed by atoms with van der Waals surface area (Å²) in [5.74, 6) is 2.69. The lowest BCUT2D eigenvalue weighted by atomic mass is 10.3. The van der Waals surface area contributed by atoms with Crippen LogP contribution in [0.5, 0.6) is 0 Å². The first-order valence-corrected chi connectivity index (χ1v) is 7.75. The zero-order valence-electron chi connectivity index (χ0n) is 11.6. The number of carbonyl (C=O) groups excluding carboxylic acids is 1. The third-order valence-corrected chi connectivity index (χ3v) is 3.03. The Morgan fingerprint density at radius 1 is 1.62 bits per heavy atom. The van der Waals surface area contributed by atoms with E-state index in [0.717, 1.165) is 19.8 Å². The molecule has 0 aromatic carbocycles. The van der Waals surface area contributed by atoms with E-state index in [1.807, 2.05) is 29.5 Å². The minimum atomic E-state index is -1.99. The van der Waals surface area contributed by atoms with E-state index in [0.29, 0.717) is 13.2 Å². The van der Waals surface area contributed by atoms with Gasteiger partial charge in [0.25, 0.3) is 0 Å². The van der Waals surface area contributed by atoms with Crippen LogP contribution < -0.4 is 5.32 Å². The summed E-state index contributed by atoms with van der Waals surface area (Å²) < 4.78 is 5.59. The Morgan fingerprint density at radius 2 is 2.19 bits per heavy atom. The maximum absolute atomic E-state index is 10.8. The van der Waals surface area contributed by atoms with Crippen LogP contribution in [0.4, 0.5) is 4.79 Å². The molecule has 8 nitrogen and oxygen atoms in total. The second kappa shape index (κ2) is 13.1. The van der Waals surface area contributed by atoms with Gasteiger partial charge in [0.15, 0.2) is 0 Å². The number of carbonyl (C=O) groups is 1. The van der Waals surface area contributed by atoms with Crippen molar-refractivity contribution in [2.24, 2.45) is 0 Å². The van der Waals surface area contributed by atoms with Gasteiger partial charge in [0, 0.05) is 50.4 Å². The van der Waals surface area contributed by atoms with Crippen LogP contribution in [0.3, 0.4) is 0 Å². The summed E-state index contributed by atoms with van der Waals surface area (Å²) in [4.78, 5) is 19.9. The van der Waals surface area contributed by atoms with Gasteiger partial charge in [-0.25, -0.2) is 4.79 Å². The number of nitrogens with one attached hydrogen (secondary N) is 1. The number of nitrogens with zero attached hydrogens (tertiary/aromatic N) is 1. The third kappa shape index (κ3) is 12.8. The highest BCUT2D eigenvalue weighted by atomic mass is 127. The SMILES string of the molecule is CC(Br)(C(O)O)[N+](=O)[O-].CCCCOC(=O)NCC#CI. The average molecular weight is 481 g/mol. The number of rotatable bonds is 6. The van der Waals surface area contributed by atoms with Crippen LogP contribution in [0.2, 0.25) is 0 Å². The van der Waals surface area contributed by atoms with Crippen LogP contribution in [0, 0.1) is 20.0 Å². The summed E-state index contributed by atoms with van der Waals surface area (Å²) in [5.41, 5.74) is 0. The Labute approximate surface area is 145 Å². The molecule has 21 heavy (non-hydrogen) atoms. The molecule has 0 spiro atoms. The zero-order chi connectivity index (χ0) is 16.9. The highest BCUT2D eigenvalue weighted by Crippen LogP contribution is 2.20. The van der Waals surface area contributed by atoms with Crippen molar-refractivity contribution in [1.82, 2.24) is 5.32 Å².